The third-order valence-electron chi connectivity index (χ3n) is 15.0. The Morgan fingerprint density at radius 2 is 1.76 bits per heavy atom. The number of imide groups is 1. The van der Waals surface area contributed by atoms with E-state index in [1.807, 2.05) is 40.8 Å². The lowest BCUT2D eigenvalue weighted by Gasteiger charge is -2.45. The Morgan fingerprint density at radius 1 is 0.971 bits per heavy atom. The summed E-state index contributed by atoms with van der Waals surface area (Å²) in [7, 11) is 2.14. The lowest BCUT2D eigenvalue weighted by atomic mass is 9.91. The van der Waals surface area contributed by atoms with Crippen LogP contribution < -0.4 is 26.7 Å². The van der Waals surface area contributed by atoms with Crippen molar-refractivity contribution in [3.8, 4) is 11.1 Å². The maximum atomic E-state index is 15.5. The number of rotatable bonds is 10. The van der Waals surface area contributed by atoms with Crippen LogP contribution in [0.15, 0.2) is 104 Å². The molecule has 5 aliphatic heterocycles. The first-order valence-electron chi connectivity index (χ1n) is 24.7. The average molecular weight is 951 g/mol. The molecule has 8 heterocycles. The Balaban J connectivity index is 0.00000185. The first-order valence-corrected chi connectivity index (χ1v) is 24.7. The summed E-state index contributed by atoms with van der Waals surface area (Å²) in [6, 6.07) is 10.7. The third kappa shape index (κ3) is 8.44. The summed E-state index contributed by atoms with van der Waals surface area (Å²) >= 11 is 0. The van der Waals surface area contributed by atoms with Gasteiger partial charge in [-0.15, -0.1) is 6.58 Å². The number of likely N-dealkylation sites (N-methyl/N-ethyl adjacent to an activating group) is 1. The van der Waals surface area contributed by atoms with E-state index in [0.29, 0.717) is 71.3 Å². The van der Waals surface area contributed by atoms with Gasteiger partial charge in [-0.25, -0.2) is 14.6 Å². The minimum atomic E-state index is -2.72. The largest absolute Gasteiger partial charge is 0.399 e. The molecule has 2 saturated heterocycles. The topological polar surface area (TPSA) is 150 Å². The molecule has 70 heavy (non-hydrogen) atoms. The van der Waals surface area contributed by atoms with E-state index in [-0.39, 0.29) is 30.0 Å². The number of piperidine rings is 1. The van der Waals surface area contributed by atoms with Gasteiger partial charge in [0, 0.05) is 114 Å². The number of allylic oxidation sites excluding steroid dienone is 3. The van der Waals surface area contributed by atoms with Crippen molar-refractivity contribution in [1.82, 2.24) is 39.5 Å². The van der Waals surface area contributed by atoms with E-state index in [2.05, 4.69) is 51.6 Å². The number of nitrogens with zero attached hydrogens (tertiary/aromatic N) is 9. The van der Waals surface area contributed by atoms with Crippen LogP contribution in [0.4, 0.5) is 26.0 Å². The standard InChI is InChI=1S/C51H58F2N12O2.C3H6/c1-30-14-15-42(31(2)57-30)64-50(66)36-12-7-13-45(47(36)51(64)67)61-26-35(27-61)63(55)25-33(54)24-60-29-40(39-23-56-18-16-43(39)60)37-21-32-9-8-19-62(46(32)22-38(37)48(52)53)49-41-28-59(3)20-17-44(41)65(58-49)34-10-5-4-6-11-34;1-3-2/h7,12-13,16,18,21-23,25,29,34-35,42,48,57H,1-2,4-6,8-11,14-15,17,19-20,24,26-28,54-55H2,3H3;3H,1H2,2H3/b33-25-;. The molecule has 1 unspecified atom stereocenters. The van der Waals surface area contributed by atoms with Crippen molar-refractivity contribution < 1.29 is 18.4 Å². The molecular weight excluding hydrogens is 887 g/mol. The molecular formula is C54H64F2N12O2. The number of carbonyl (C=O) groups excluding carboxylic acids is 2. The van der Waals surface area contributed by atoms with Gasteiger partial charge in [0.25, 0.3) is 18.2 Å². The smallest absolute Gasteiger partial charge is 0.264 e. The number of benzene rings is 2. The van der Waals surface area contributed by atoms with E-state index in [0.717, 1.165) is 85.4 Å². The molecule has 5 N–H and O–H groups in total. The van der Waals surface area contributed by atoms with E-state index >= 15 is 8.78 Å². The van der Waals surface area contributed by atoms with Crippen LogP contribution in [-0.4, -0.2) is 91.3 Å². The normalized spacial score (nSPS) is 20.0. The highest BCUT2D eigenvalue weighted by molar-refractivity contribution is 6.24. The van der Waals surface area contributed by atoms with Gasteiger partial charge in [0.2, 0.25) is 0 Å². The number of hydrazine groups is 1. The summed E-state index contributed by atoms with van der Waals surface area (Å²) in [6.07, 6.45) is 15.8. The minimum Gasteiger partial charge on any atom is -0.399 e. The van der Waals surface area contributed by atoms with Crippen molar-refractivity contribution in [2.45, 2.75) is 109 Å². The van der Waals surface area contributed by atoms with Crippen molar-refractivity contribution in [3.63, 3.8) is 0 Å². The van der Waals surface area contributed by atoms with Crippen LogP contribution in [0.5, 0.6) is 0 Å². The third-order valence-corrected chi connectivity index (χ3v) is 15.0. The number of hydrogen-bond acceptors (Lipinski definition) is 11. The number of alkyl halides is 2. The molecule has 1 saturated carbocycles. The molecule has 0 bridgehead atoms. The second kappa shape index (κ2) is 19.2. The van der Waals surface area contributed by atoms with Crippen molar-refractivity contribution >= 4 is 39.9 Å². The Morgan fingerprint density at radius 3 is 2.51 bits per heavy atom. The molecule has 3 aromatic heterocycles. The summed E-state index contributed by atoms with van der Waals surface area (Å²) in [5.74, 6) is 6.89. The molecule has 0 spiro atoms. The maximum absolute atomic E-state index is 15.5. The zero-order valence-electron chi connectivity index (χ0n) is 40.3. The van der Waals surface area contributed by atoms with Gasteiger partial charge in [0.1, 0.15) is 0 Å². The van der Waals surface area contributed by atoms with Gasteiger partial charge >= 0.3 is 0 Å². The Bertz CT molecular complexity index is 2920. The van der Waals surface area contributed by atoms with E-state index in [1.54, 1.807) is 47.9 Å². The van der Waals surface area contributed by atoms with E-state index in [9.17, 15) is 9.59 Å². The van der Waals surface area contributed by atoms with Gasteiger partial charge in [0.15, 0.2) is 5.82 Å². The lowest BCUT2D eigenvalue weighted by Crippen LogP contribution is -2.60. The minimum absolute atomic E-state index is 0.0250. The van der Waals surface area contributed by atoms with E-state index < -0.39 is 12.5 Å². The fourth-order valence-electron chi connectivity index (χ4n) is 11.5. The molecule has 0 radical (unpaired) electrons. The summed E-state index contributed by atoms with van der Waals surface area (Å²) < 4.78 is 35.2. The number of aromatic nitrogens is 4. The summed E-state index contributed by atoms with van der Waals surface area (Å²) in [4.78, 5) is 39.8. The summed E-state index contributed by atoms with van der Waals surface area (Å²) in [5, 5.41) is 10.8. The van der Waals surface area contributed by atoms with Crippen molar-refractivity contribution in [2.24, 2.45) is 11.6 Å². The molecule has 3 fully saturated rings. The quantitative estimate of drug-likeness (QED) is 0.0534. The number of nitrogens with two attached hydrogens (primary N) is 2. The monoisotopic (exact) mass is 951 g/mol. The van der Waals surface area contributed by atoms with Gasteiger partial charge in [-0.1, -0.05) is 44.6 Å². The number of amides is 2. The Labute approximate surface area is 408 Å². The molecule has 11 rings (SSSR count). The number of pyridine rings is 1. The van der Waals surface area contributed by atoms with Gasteiger partial charge in [-0.3, -0.25) is 24.2 Å². The van der Waals surface area contributed by atoms with Crippen LogP contribution in [0, 0.1) is 0 Å². The Hall–Kier alpha value is -6.78. The van der Waals surface area contributed by atoms with Gasteiger partial charge < -0.3 is 35.3 Å². The van der Waals surface area contributed by atoms with Crippen LogP contribution in [-0.2, 0) is 25.9 Å². The lowest BCUT2D eigenvalue weighted by molar-refractivity contribution is 0.0592. The highest BCUT2D eigenvalue weighted by Crippen LogP contribution is 2.46. The molecule has 366 valence electrons. The Kier molecular flexibility index (Phi) is 12.9. The molecule has 1 aliphatic carbocycles. The van der Waals surface area contributed by atoms with Crippen molar-refractivity contribution in [2.75, 3.05) is 43.0 Å². The zero-order valence-corrected chi connectivity index (χ0v) is 40.3. The number of halogens is 2. The maximum Gasteiger partial charge on any atom is 0.264 e. The second-order valence-electron chi connectivity index (χ2n) is 19.8. The predicted octanol–water partition coefficient (Wildman–Crippen LogP) is 8.85. The first-order chi connectivity index (χ1) is 33.8. The molecule has 16 heteroatoms. The highest BCUT2D eigenvalue weighted by atomic mass is 19.3. The number of aryl methyl sites for hydroxylation is 1. The summed E-state index contributed by atoms with van der Waals surface area (Å²) in [5.41, 5.74) is 16.4. The van der Waals surface area contributed by atoms with Gasteiger partial charge in [-0.05, 0) is 94.0 Å². The number of anilines is 3. The van der Waals surface area contributed by atoms with Crippen LogP contribution in [0.3, 0.4) is 0 Å². The van der Waals surface area contributed by atoms with E-state index in [4.69, 9.17) is 16.7 Å². The van der Waals surface area contributed by atoms with Crippen LogP contribution in [0.1, 0.15) is 114 Å². The number of nitrogens with one attached hydrogen (secondary N) is 1. The first kappa shape index (κ1) is 46.9. The van der Waals surface area contributed by atoms with E-state index in [1.165, 1.54) is 35.4 Å². The second-order valence-corrected chi connectivity index (χ2v) is 19.8. The van der Waals surface area contributed by atoms with Crippen LogP contribution in [0.25, 0.3) is 22.0 Å². The molecule has 6 aliphatic rings. The number of fused-ring (bicyclic) bond motifs is 4. The fourth-order valence-corrected chi connectivity index (χ4v) is 11.5. The molecule has 2 aromatic carbocycles. The van der Waals surface area contributed by atoms with Gasteiger partial charge in [0.05, 0.1) is 47.0 Å². The number of carbonyl (C=O) groups is 2. The average Bonchev–Trinajstić information content (AvgIpc) is 3.97. The molecule has 2 amide bonds. The summed E-state index contributed by atoms with van der Waals surface area (Å²) in [6.45, 7) is 17.1. The molecule has 14 nitrogen and oxygen atoms in total. The van der Waals surface area contributed by atoms with Crippen molar-refractivity contribution in [1.29, 1.82) is 0 Å². The predicted molar refractivity (Wildman–Crippen MR) is 271 cm³/mol. The van der Waals surface area contributed by atoms with Gasteiger partial charge in [-0.2, -0.15) is 5.10 Å². The van der Waals surface area contributed by atoms with Crippen LogP contribution >= 0.6 is 0 Å². The molecule has 5 aromatic rings. The highest BCUT2D eigenvalue weighted by Gasteiger charge is 2.45. The zero-order chi connectivity index (χ0) is 49.0. The number of hydrogen-bond donors (Lipinski definition) is 3. The van der Waals surface area contributed by atoms with Crippen molar-refractivity contribution in [3.05, 3.63) is 138 Å². The molecule has 1 atom stereocenters. The SMILES string of the molecule is C=C1CCC(N2C(=O)c3cccc(N4CC(N(N)/C=C(\N)Cn5cc(-c6cc7c(cc6C(F)F)N(c6nn(C8CCCCC8)c8c6CN(C)CC8)CCC7)c6cnccc65)C4)c3C2=O)C(=C)N1.C=CC. The van der Waals surface area contributed by atoms with Crippen LogP contribution in [0.2, 0.25) is 0 Å². The fraction of sp³-hybridized carbons (Fsp3) is 0.407.